The van der Waals surface area contributed by atoms with Crippen molar-refractivity contribution in [1.82, 2.24) is 20.3 Å². The number of aliphatic hydroxyl groups is 2. The number of aromatic nitrogens is 3. The molecule has 0 saturated heterocycles. The summed E-state index contributed by atoms with van der Waals surface area (Å²) in [5.74, 6) is 0. The molecule has 0 aliphatic carbocycles. The van der Waals surface area contributed by atoms with E-state index in [0.717, 1.165) is 22.4 Å². The Bertz CT molecular complexity index is 544. The van der Waals surface area contributed by atoms with Crippen LogP contribution >= 0.6 is 0 Å². The zero-order valence-corrected chi connectivity index (χ0v) is 11.9. The number of aromatic amines is 1. The van der Waals surface area contributed by atoms with Gasteiger partial charge in [0.25, 0.3) is 0 Å². The molecule has 20 heavy (non-hydrogen) atoms. The van der Waals surface area contributed by atoms with Gasteiger partial charge in [-0.3, -0.25) is 0 Å². The molecule has 2 atom stereocenters. The molecule has 2 aromatic rings. The molecule has 108 valence electrons. The predicted octanol–water partition coefficient (Wildman–Crippen LogP) is 1.26. The van der Waals surface area contributed by atoms with E-state index in [2.05, 4.69) is 15.4 Å². The number of H-pyrrole nitrogens is 1. The van der Waals surface area contributed by atoms with Crippen LogP contribution in [0.4, 0.5) is 0 Å². The highest BCUT2D eigenvalue weighted by Crippen LogP contribution is 2.24. The zero-order valence-electron chi connectivity index (χ0n) is 11.9. The molecule has 3 N–H and O–H groups in total. The topological polar surface area (TPSA) is 85.3 Å². The highest BCUT2D eigenvalue weighted by Gasteiger charge is 2.19. The second kappa shape index (κ2) is 6.13. The average Bonchev–Trinajstić information content (AvgIpc) is 2.89. The first-order valence-electron chi connectivity index (χ1n) is 6.56. The molecule has 0 bridgehead atoms. The zero-order chi connectivity index (χ0) is 14.7. The molecule has 0 aliphatic heterocycles. The van der Waals surface area contributed by atoms with Gasteiger partial charge in [-0.2, -0.15) is 15.4 Å². The third-order valence-electron chi connectivity index (χ3n) is 3.26. The number of aryl methyl sites for hydroxylation is 1. The highest BCUT2D eigenvalue weighted by atomic mass is 16.3. The van der Waals surface area contributed by atoms with E-state index in [1.807, 2.05) is 25.1 Å². The predicted molar refractivity (Wildman–Crippen MR) is 75.5 cm³/mol. The summed E-state index contributed by atoms with van der Waals surface area (Å²) in [5.41, 5.74) is 3.79. The van der Waals surface area contributed by atoms with E-state index in [0.29, 0.717) is 6.54 Å². The van der Waals surface area contributed by atoms with E-state index in [4.69, 9.17) is 0 Å². The smallest absolute Gasteiger partial charge is 0.113 e. The van der Waals surface area contributed by atoms with E-state index in [9.17, 15) is 10.2 Å². The van der Waals surface area contributed by atoms with Crippen molar-refractivity contribution in [3.63, 3.8) is 0 Å². The normalized spacial score (nSPS) is 14.5. The second-order valence-corrected chi connectivity index (χ2v) is 4.95. The fourth-order valence-electron chi connectivity index (χ4n) is 2.21. The van der Waals surface area contributed by atoms with Crippen molar-refractivity contribution in [1.29, 1.82) is 0 Å². The SMILES string of the molecule is Cc1ccc(-c2cn[nH]n2)c(CN(C(C)O)C(C)O)c1. The molecule has 0 amide bonds. The minimum atomic E-state index is -0.735. The Morgan fingerprint density at radius 1 is 1.25 bits per heavy atom. The largest absolute Gasteiger partial charge is 0.379 e. The van der Waals surface area contributed by atoms with Gasteiger partial charge in [-0.05, 0) is 26.3 Å². The number of hydrogen-bond donors (Lipinski definition) is 3. The fourth-order valence-corrected chi connectivity index (χ4v) is 2.21. The molecule has 0 radical (unpaired) electrons. The van der Waals surface area contributed by atoms with Gasteiger partial charge in [-0.25, -0.2) is 4.90 Å². The van der Waals surface area contributed by atoms with Crippen molar-refractivity contribution in [3.05, 3.63) is 35.5 Å². The molecule has 0 spiro atoms. The summed E-state index contributed by atoms with van der Waals surface area (Å²) >= 11 is 0. The quantitative estimate of drug-likeness (QED) is 0.716. The summed E-state index contributed by atoms with van der Waals surface area (Å²) < 4.78 is 0. The van der Waals surface area contributed by atoms with Crippen molar-refractivity contribution >= 4 is 0 Å². The first-order chi connectivity index (χ1) is 9.49. The molecule has 1 aromatic carbocycles. The average molecular weight is 276 g/mol. The Morgan fingerprint density at radius 3 is 2.50 bits per heavy atom. The molecular weight excluding hydrogens is 256 g/mol. The van der Waals surface area contributed by atoms with Crippen molar-refractivity contribution in [2.45, 2.75) is 39.8 Å². The lowest BCUT2D eigenvalue weighted by Crippen LogP contribution is -2.39. The molecule has 2 unspecified atom stereocenters. The second-order valence-electron chi connectivity index (χ2n) is 4.95. The highest BCUT2D eigenvalue weighted by molar-refractivity contribution is 5.63. The van der Waals surface area contributed by atoms with Gasteiger partial charge in [0.2, 0.25) is 0 Å². The van der Waals surface area contributed by atoms with Crippen LogP contribution in [0.1, 0.15) is 25.0 Å². The van der Waals surface area contributed by atoms with Crippen molar-refractivity contribution in [3.8, 4) is 11.3 Å². The minimum absolute atomic E-state index is 0.430. The van der Waals surface area contributed by atoms with Gasteiger partial charge in [-0.1, -0.05) is 23.8 Å². The molecule has 6 heteroatoms. The van der Waals surface area contributed by atoms with Gasteiger partial charge < -0.3 is 10.2 Å². The monoisotopic (exact) mass is 276 g/mol. The number of hydrogen-bond acceptors (Lipinski definition) is 5. The fraction of sp³-hybridized carbons (Fsp3) is 0.429. The number of nitrogens with zero attached hydrogens (tertiary/aromatic N) is 3. The van der Waals surface area contributed by atoms with Crippen LogP contribution in [0.3, 0.4) is 0 Å². The lowest BCUT2D eigenvalue weighted by Gasteiger charge is -2.28. The summed E-state index contributed by atoms with van der Waals surface area (Å²) in [6, 6.07) is 6.01. The van der Waals surface area contributed by atoms with Gasteiger partial charge in [0.1, 0.15) is 18.1 Å². The van der Waals surface area contributed by atoms with Crippen LogP contribution in [0, 0.1) is 6.92 Å². The first-order valence-corrected chi connectivity index (χ1v) is 6.56. The van der Waals surface area contributed by atoms with Gasteiger partial charge >= 0.3 is 0 Å². The molecule has 2 rings (SSSR count). The molecule has 0 saturated carbocycles. The van der Waals surface area contributed by atoms with Crippen LogP contribution in [0.15, 0.2) is 24.4 Å². The Kier molecular flexibility index (Phi) is 4.49. The Labute approximate surface area is 118 Å². The van der Waals surface area contributed by atoms with Gasteiger partial charge in [0, 0.05) is 12.1 Å². The standard InChI is InChI=1S/C14H20N4O2/c1-9-4-5-13(14-7-15-17-16-14)12(6-9)8-18(10(2)19)11(3)20/h4-7,10-11,19-20H,8H2,1-3H3,(H,15,16,17). The van der Waals surface area contributed by atoms with Crippen molar-refractivity contribution < 1.29 is 10.2 Å². The molecule has 6 nitrogen and oxygen atoms in total. The van der Waals surface area contributed by atoms with E-state index < -0.39 is 12.5 Å². The Morgan fingerprint density at radius 2 is 1.95 bits per heavy atom. The summed E-state index contributed by atoms with van der Waals surface area (Å²) in [6.07, 6.45) is 0.185. The summed E-state index contributed by atoms with van der Waals surface area (Å²) in [6.45, 7) is 5.71. The van der Waals surface area contributed by atoms with Crippen LogP contribution in [0.25, 0.3) is 11.3 Å². The Hall–Kier alpha value is -1.76. The van der Waals surface area contributed by atoms with Crippen LogP contribution in [-0.2, 0) is 6.54 Å². The number of rotatable bonds is 5. The van der Waals surface area contributed by atoms with Gasteiger partial charge in [0.15, 0.2) is 0 Å². The van der Waals surface area contributed by atoms with Crippen LogP contribution in [-0.4, -0.2) is 43.0 Å². The lowest BCUT2D eigenvalue weighted by atomic mass is 10.0. The summed E-state index contributed by atoms with van der Waals surface area (Å²) in [5, 5.41) is 30.0. The third kappa shape index (κ3) is 3.22. The van der Waals surface area contributed by atoms with E-state index in [1.165, 1.54) is 0 Å². The number of nitrogens with one attached hydrogen (secondary N) is 1. The van der Waals surface area contributed by atoms with E-state index >= 15 is 0 Å². The maximum Gasteiger partial charge on any atom is 0.113 e. The molecule has 0 fully saturated rings. The van der Waals surface area contributed by atoms with E-state index in [-0.39, 0.29) is 0 Å². The Balaban J connectivity index is 2.37. The first kappa shape index (κ1) is 14.6. The summed E-state index contributed by atoms with van der Waals surface area (Å²) in [7, 11) is 0. The maximum atomic E-state index is 9.77. The molecular formula is C14H20N4O2. The maximum absolute atomic E-state index is 9.77. The van der Waals surface area contributed by atoms with Crippen LogP contribution in [0.5, 0.6) is 0 Å². The minimum Gasteiger partial charge on any atom is -0.379 e. The number of benzene rings is 1. The van der Waals surface area contributed by atoms with E-state index in [1.54, 1.807) is 24.9 Å². The molecule has 0 aliphatic rings. The van der Waals surface area contributed by atoms with Gasteiger partial charge in [0.05, 0.1) is 6.20 Å². The summed E-state index contributed by atoms with van der Waals surface area (Å²) in [4.78, 5) is 1.60. The van der Waals surface area contributed by atoms with Crippen molar-refractivity contribution in [2.24, 2.45) is 0 Å². The lowest BCUT2D eigenvalue weighted by molar-refractivity contribution is -0.0896. The molecule has 1 heterocycles. The van der Waals surface area contributed by atoms with Crippen LogP contribution in [0.2, 0.25) is 0 Å². The van der Waals surface area contributed by atoms with Gasteiger partial charge in [-0.15, -0.1) is 0 Å². The van der Waals surface area contributed by atoms with Crippen LogP contribution < -0.4 is 0 Å². The number of aliphatic hydroxyl groups excluding tert-OH is 2. The van der Waals surface area contributed by atoms with Crippen molar-refractivity contribution in [2.75, 3.05) is 0 Å². The third-order valence-corrected chi connectivity index (χ3v) is 3.26. The molecule has 1 aromatic heterocycles.